The van der Waals surface area contributed by atoms with Crippen molar-refractivity contribution in [2.45, 2.75) is 106 Å². The number of allylic oxidation sites excluding steroid dienone is 7. The predicted octanol–water partition coefficient (Wildman–Crippen LogP) is 11.8. The van der Waals surface area contributed by atoms with Crippen LogP contribution in [0.2, 0.25) is 0 Å². The van der Waals surface area contributed by atoms with Crippen LogP contribution in [0.4, 0.5) is 11.4 Å². The van der Waals surface area contributed by atoms with Gasteiger partial charge in [0.05, 0.1) is 10.3 Å². The van der Waals surface area contributed by atoms with Crippen LogP contribution in [0.5, 0.6) is 0 Å². The Morgan fingerprint density at radius 2 is 1.46 bits per heavy atom. The Kier molecular flexibility index (Phi) is 13.2. The quantitative estimate of drug-likeness (QED) is 0.0615. The highest BCUT2D eigenvalue weighted by Gasteiger charge is 2.45. The van der Waals surface area contributed by atoms with Crippen molar-refractivity contribution in [3.05, 3.63) is 154 Å². The summed E-state index contributed by atoms with van der Waals surface area (Å²) in [5.41, 5.74) is 8.90. The summed E-state index contributed by atoms with van der Waals surface area (Å²) in [5, 5.41) is 5.03. The molecular formula is C57H61N4O6S2+. The van der Waals surface area contributed by atoms with E-state index in [1.807, 2.05) is 23.9 Å². The molecule has 5 aromatic carbocycles. The lowest BCUT2D eigenvalue weighted by atomic mass is 9.78. The standard InChI is InChI=1S/C57H61N4O6S2/c1-56(2)48(59(7)46-30-25-39-24-29-43(37-45(39)54(46)56)69(65,66)58(5)6)32-27-40-18-16-19-41(55(40)68-42-20-10-8-11-21-42)28-33-49-57(3,4)53-44-22-14-13-17-38(44)26-31-47(53)60(49)36-15-9-12-23-52(64)67-61-50(62)34-35-51(61)63/h8,10-11,13-14,17,20-22,24-33,37H,9,12,15-16,18-19,23,34-36H2,1-7H3/q+1. The summed E-state index contributed by atoms with van der Waals surface area (Å²) in [6.07, 6.45) is 14.6. The molecule has 0 spiro atoms. The lowest BCUT2D eigenvalue weighted by molar-refractivity contribution is -0.401. The van der Waals surface area contributed by atoms with Gasteiger partial charge in [0.1, 0.15) is 7.05 Å². The third-order valence-electron chi connectivity index (χ3n) is 14.3. The minimum Gasteiger partial charge on any atom is -0.344 e. The molecule has 0 radical (unpaired) electrons. The van der Waals surface area contributed by atoms with Gasteiger partial charge in [-0.25, -0.2) is 17.5 Å². The molecule has 0 aromatic heterocycles. The first-order chi connectivity index (χ1) is 33.0. The van der Waals surface area contributed by atoms with Crippen molar-refractivity contribution in [1.29, 1.82) is 0 Å². The Morgan fingerprint density at radius 3 is 2.22 bits per heavy atom. The minimum absolute atomic E-state index is 0.0744. The van der Waals surface area contributed by atoms with Crippen molar-refractivity contribution in [2.75, 3.05) is 32.6 Å². The molecule has 5 aromatic rings. The SMILES string of the molecule is CN(C)S(=O)(=O)c1ccc2ccc3c(c2c1)C(C)(C)C(/C=C/C1=C(Sc2ccccc2)C(=C/C=C2/N(CCCCCC(=O)ON4C(=O)CCC4=O)c4ccc5ccccc5c4C2(C)C)/CCC1)=[N+]3C. The smallest absolute Gasteiger partial charge is 0.333 e. The second-order valence-corrected chi connectivity index (χ2v) is 22.9. The van der Waals surface area contributed by atoms with Crippen LogP contribution in [0, 0.1) is 0 Å². The number of nitrogens with zero attached hydrogens (tertiary/aromatic N) is 4. The summed E-state index contributed by atoms with van der Waals surface area (Å²) < 4.78 is 30.1. The van der Waals surface area contributed by atoms with E-state index in [9.17, 15) is 22.8 Å². The van der Waals surface area contributed by atoms with Crippen LogP contribution < -0.4 is 4.90 Å². The summed E-state index contributed by atoms with van der Waals surface area (Å²) in [7, 11) is 1.62. The average molecular weight is 962 g/mol. The normalized spacial score (nSPS) is 19.1. The van der Waals surface area contributed by atoms with Gasteiger partial charge in [-0.05, 0) is 127 Å². The molecule has 1 aliphatic carbocycles. The summed E-state index contributed by atoms with van der Waals surface area (Å²) in [6.45, 7) is 9.87. The van der Waals surface area contributed by atoms with E-state index < -0.39 is 33.2 Å². The first-order valence-electron chi connectivity index (χ1n) is 24.0. The second-order valence-electron chi connectivity index (χ2n) is 19.7. The molecule has 0 bridgehead atoms. The van der Waals surface area contributed by atoms with Gasteiger partial charge in [0.15, 0.2) is 5.71 Å². The molecule has 3 aliphatic heterocycles. The average Bonchev–Trinajstić information content (AvgIpc) is 3.84. The Bertz CT molecular complexity index is 3180. The molecule has 1 fully saturated rings. The third kappa shape index (κ3) is 9.03. The summed E-state index contributed by atoms with van der Waals surface area (Å²) >= 11 is 1.82. The molecule has 0 atom stereocenters. The first-order valence-corrected chi connectivity index (χ1v) is 26.3. The van der Waals surface area contributed by atoms with Gasteiger partial charge < -0.3 is 9.74 Å². The molecule has 69 heavy (non-hydrogen) atoms. The summed E-state index contributed by atoms with van der Waals surface area (Å²) in [6, 6.07) is 33.3. The third-order valence-corrected chi connectivity index (χ3v) is 17.3. The molecule has 0 saturated carbocycles. The number of hydrogen-bond donors (Lipinski definition) is 0. The predicted molar refractivity (Wildman–Crippen MR) is 277 cm³/mol. The molecule has 12 heteroatoms. The van der Waals surface area contributed by atoms with Gasteiger partial charge in [0.2, 0.25) is 15.7 Å². The van der Waals surface area contributed by atoms with Crippen LogP contribution in [0.15, 0.2) is 153 Å². The van der Waals surface area contributed by atoms with Crippen molar-refractivity contribution in [3.8, 4) is 0 Å². The topological polar surface area (TPSA) is 107 Å². The van der Waals surface area contributed by atoms with Crippen LogP contribution in [0.3, 0.4) is 0 Å². The monoisotopic (exact) mass is 961 g/mol. The number of fused-ring (bicyclic) bond motifs is 6. The number of rotatable bonds is 14. The van der Waals surface area contributed by atoms with Gasteiger partial charge in [0.25, 0.3) is 11.8 Å². The lowest BCUT2D eigenvalue weighted by Gasteiger charge is -2.28. The van der Waals surface area contributed by atoms with Crippen LogP contribution in [-0.4, -0.2) is 73.5 Å². The van der Waals surface area contributed by atoms with Crippen LogP contribution in [-0.2, 0) is 40.1 Å². The number of benzene rings is 5. The molecule has 3 heterocycles. The number of sulfonamides is 1. The highest BCUT2D eigenvalue weighted by molar-refractivity contribution is 8.03. The number of thioether (sulfide) groups is 1. The van der Waals surface area contributed by atoms with Crippen LogP contribution in [0.1, 0.15) is 96.6 Å². The van der Waals surface area contributed by atoms with E-state index >= 15 is 0 Å². The molecule has 0 N–H and O–H groups in total. The molecule has 356 valence electrons. The summed E-state index contributed by atoms with van der Waals surface area (Å²) in [5.74, 6) is -1.49. The van der Waals surface area contributed by atoms with E-state index in [2.05, 4.69) is 147 Å². The number of carbonyl (C=O) groups is 3. The van der Waals surface area contributed by atoms with Crippen molar-refractivity contribution in [2.24, 2.45) is 0 Å². The van der Waals surface area contributed by atoms with E-state index in [-0.39, 0.29) is 29.6 Å². The maximum absolute atomic E-state index is 13.3. The van der Waals surface area contributed by atoms with E-state index in [0.717, 1.165) is 66.4 Å². The van der Waals surface area contributed by atoms with Crippen LogP contribution in [0.25, 0.3) is 21.5 Å². The van der Waals surface area contributed by atoms with Gasteiger partial charge in [-0.1, -0.05) is 98.8 Å². The minimum atomic E-state index is -3.62. The zero-order valence-electron chi connectivity index (χ0n) is 40.7. The number of anilines is 1. The molecule has 2 amide bonds. The molecule has 10 nitrogen and oxygen atoms in total. The molecule has 9 rings (SSSR count). The van der Waals surface area contributed by atoms with Crippen molar-refractivity contribution < 1.29 is 32.2 Å². The van der Waals surface area contributed by atoms with E-state index in [0.29, 0.717) is 11.5 Å². The number of hydrogen-bond acceptors (Lipinski definition) is 8. The second kappa shape index (κ2) is 19.0. The number of carbonyl (C=O) groups excluding carboxylic acids is 3. The molecular weight excluding hydrogens is 901 g/mol. The molecule has 4 aliphatic rings. The van der Waals surface area contributed by atoms with Crippen molar-refractivity contribution in [1.82, 2.24) is 9.37 Å². The summed E-state index contributed by atoms with van der Waals surface area (Å²) in [4.78, 5) is 46.9. The Balaban J connectivity index is 1.04. The molecule has 0 unspecified atom stereocenters. The van der Waals surface area contributed by atoms with Gasteiger partial charge in [-0.3, -0.25) is 9.59 Å². The Labute approximate surface area is 410 Å². The van der Waals surface area contributed by atoms with Gasteiger partial charge in [0, 0.05) is 84.2 Å². The number of amides is 2. The first kappa shape index (κ1) is 48.0. The van der Waals surface area contributed by atoms with Crippen molar-refractivity contribution in [3.63, 3.8) is 0 Å². The largest absolute Gasteiger partial charge is 0.344 e. The highest BCUT2D eigenvalue weighted by atomic mass is 32.2. The Morgan fingerprint density at radius 1 is 0.768 bits per heavy atom. The molecule has 1 saturated heterocycles. The fourth-order valence-electron chi connectivity index (χ4n) is 10.7. The lowest BCUT2D eigenvalue weighted by Crippen LogP contribution is -2.32. The fourth-order valence-corrected chi connectivity index (χ4v) is 12.8. The van der Waals surface area contributed by atoms with E-state index in [1.165, 1.54) is 53.0 Å². The highest BCUT2D eigenvalue weighted by Crippen LogP contribution is 2.52. The number of imide groups is 1. The zero-order chi connectivity index (χ0) is 48.8. The zero-order valence-corrected chi connectivity index (χ0v) is 42.3. The van der Waals surface area contributed by atoms with Crippen molar-refractivity contribution >= 4 is 78.2 Å². The number of hydroxylamine groups is 2. The fraction of sp³-hybridized carbons (Fsp3) is 0.333. The maximum atomic E-state index is 13.3. The van der Waals surface area contributed by atoms with E-state index in [1.54, 1.807) is 20.2 Å². The number of unbranched alkanes of at least 4 members (excludes halogenated alkanes) is 2. The van der Waals surface area contributed by atoms with Crippen LogP contribution >= 0.6 is 11.8 Å². The van der Waals surface area contributed by atoms with Gasteiger partial charge in [-0.2, -0.15) is 4.58 Å². The van der Waals surface area contributed by atoms with Gasteiger partial charge in [-0.15, -0.1) is 5.06 Å². The van der Waals surface area contributed by atoms with Gasteiger partial charge >= 0.3 is 5.97 Å². The Hall–Kier alpha value is -6.08. The maximum Gasteiger partial charge on any atom is 0.333 e. The van der Waals surface area contributed by atoms with E-state index in [4.69, 9.17) is 4.84 Å².